The van der Waals surface area contributed by atoms with E-state index in [4.69, 9.17) is 10.2 Å². The predicted molar refractivity (Wildman–Crippen MR) is 96.2 cm³/mol. The van der Waals surface area contributed by atoms with Crippen LogP contribution in [0.1, 0.15) is 23.1 Å². The topological polar surface area (TPSA) is 97.6 Å². The number of rotatable bonds is 4. The van der Waals surface area contributed by atoms with Gasteiger partial charge in [-0.25, -0.2) is 27.5 Å². The fraction of sp³-hybridized carbons (Fsp3) is 0.158. The van der Waals surface area contributed by atoms with Crippen LogP contribution >= 0.6 is 0 Å². The largest absolute Gasteiger partial charge is 0.451 e. The number of oxazole rings is 1. The van der Waals surface area contributed by atoms with Crippen molar-refractivity contribution in [2.75, 3.05) is 7.05 Å². The number of nitrogens with two attached hydrogens (primary N) is 1. The number of pyridine rings is 1. The van der Waals surface area contributed by atoms with E-state index in [1.807, 2.05) is 0 Å². The Morgan fingerprint density at radius 2 is 1.93 bits per heavy atom. The molecule has 1 unspecified atom stereocenters. The smallest absolute Gasteiger partial charge is 0.266 e. The lowest BCUT2D eigenvalue weighted by Gasteiger charge is -2.27. The first kappa shape index (κ1) is 19.6. The minimum atomic E-state index is -2.89. The van der Waals surface area contributed by atoms with Crippen molar-refractivity contribution in [1.29, 1.82) is 0 Å². The number of aromatic nitrogens is 2. The van der Waals surface area contributed by atoms with Crippen LogP contribution in [0.2, 0.25) is 0 Å². The SMILES string of the molecule is CN1C(=O)C(c2cncc(C(F)F)c2)(c2cc(-c3cocn3)c(F)cc2F)N=C1N. The molecule has 7 nitrogen and oxygen atoms in total. The molecule has 0 fully saturated rings. The maximum absolute atomic E-state index is 15.0. The van der Waals surface area contributed by atoms with Crippen LogP contribution in [-0.2, 0) is 10.3 Å². The second kappa shape index (κ2) is 6.94. The third-order valence-corrected chi connectivity index (χ3v) is 4.82. The molecule has 1 atom stereocenters. The number of amides is 1. The van der Waals surface area contributed by atoms with Crippen LogP contribution in [0, 0.1) is 11.6 Å². The number of benzene rings is 1. The highest BCUT2D eigenvalue weighted by Crippen LogP contribution is 2.42. The summed E-state index contributed by atoms with van der Waals surface area (Å²) < 4.78 is 60.8. The number of halogens is 4. The summed E-state index contributed by atoms with van der Waals surface area (Å²) in [5, 5.41) is 0. The Morgan fingerprint density at radius 1 is 1.17 bits per heavy atom. The molecule has 0 radical (unpaired) electrons. The van der Waals surface area contributed by atoms with Crippen LogP contribution in [0.4, 0.5) is 17.6 Å². The molecule has 0 aliphatic carbocycles. The molecule has 1 amide bonds. The summed E-state index contributed by atoms with van der Waals surface area (Å²) in [5.41, 5.74) is 2.45. The van der Waals surface area contributed by atoms with Gasteiger partial charge in [0.2, 0.25) is 0 Å². The van der Waals surface area contributed by atoms with E-state index < -0.39 is 40.6 Å². The van der Waals surface area contributed by atoms with Gasteiger partial charge in [0.15, 0.2) is 17.9 Å². The minimum Gasteiger partial charge on any atom is -0.451 e. The molecule has 2 N–H and O–H groups in total. The van der Waals surface area contributed by atoms with Crippen molar-refractivity contribution in [2.45, 2.75) is 12.0 Å². The maximum atomic E-state index is 15.0. The molecular formula is C19H13F4N5O2. The van der Waals surface area contributed by atoms with Crippen molar-refractivity contribution < 1.29 is 26.8 Å². The van der Waals surface area contributed by atoms with Crippen LogP contribution in [0.15, 0.2) is 52.7 Å². The Hall–Kier alpha value is -3.76. The molecule has 11 heteroatoms. The van der Waals surface area contributed by atoms with Crippen molar-refractivity contribution in [3.63, 3.8) is 0 Å². The van der Waals surface area contributed by atoms with Crippen LogP contribution in [0.3, 0.4) is 0 Å². The highest BCUT2D eigenvalue weighted by atomic mass is 19.3. The van der Waals surface area contributed by atoms with E-state index in [9.17, 15) is 18.0 Å². The summed E-state index contributed by atoms with van der Waals surface area (Å²) in [6, 6.07) is 2.58. The van der Waals surface area contributed by atoms with Gasteiger partial charge in [0, 0.05) is 47.8 Å². The highest BCUT2D eigenvalue weighted by Gasteiger charge is 2.51. The summed E-state index contributed by atoms with van der Waals surface area (Å²) >= 11 is 0. The van der Waals surface area contributed by atoms with E-state index in [1.54, 1.807) is 0 Å². The lowest BCUT2D eigenvalue weighted by Crippen LogP contribution is -2.41. The first-order valence-electron chi connectivity index (χ1n) is 8.51. The van der Waals surface area contributed by atoms with Crippen molar-refractivity contribution in [3.8, 4) is 11.3 Å². The van der Waals surface area contributed by atoms with Crippen molar-refractivity contribution >= 4 is 11.9 Å². The zero-order valence-corrected chi connectivity index (χ0v) is 15.3. The predicted octanol–water partition coefficient (Wildman–Crippen LogP) is 2.98. The molecule has 0 saturated heterocycles. The van der Waals surface area contributed by atoms with E-state index in [0.717, 1.165) is 42.1 Å². The molecular weight excluding hydrogens is 406 g/mol. The van der Waals surface area contributed by atoms with Crippen LogP contribution in [0.25, 0.3) is 11.3 Å². The number of hydrogen-bond donors (Lipinski definition) is 1. The van der Waals surface area contributed by atoms with Crippen molar-refractivity contribution in [1.82, 2.24) is 14.9 Å². The lowest BCUT2D eigenvalue weighted by molar-refractivity contribution is -0.129. The number of hydrogen-bond acceptors (Lipinski definition) is 6. The second-order valence-corrected chi connectivity index (χ2v) is 6.54. The first-order valence-corrected chi connectivity index (χ1v) is 8.51. The van der Waals surface area contributed by atoms with Gasteiger partial charge in [-0.15, -0.1) is 0 Å². The third-order valence-electron chi connectivity index (χ3n) is 4.82. The Morgan fingerprint density at radius 3 is 2.53 bits per heavy atom. The molecule has 3 aromatic rings. The molecule has 1 aliphatic heterocycles. The minimum absolute atomic E-state index is 0.0408. The number of nitrogens with zero attached hydrogens (tertiary/aromatic N) is 4. The van der Waals surface area contributed by atoms with Crippen LogP contribution in [-0.4, -0.2) is 33.8 Å². The quantitative estimate of drug-likeness (QED) is 0.656. The number of guanidine groups is 1. The zero-order valence-electron chi connectivity index (χ0n) is 15.3. The van der Waals surface area contributed by atoms with Gasteiger partial charge in [-0.1, -0.05) is 0 Å². The summed E-state index contributed by atoms with van der Waals surface area (Å²) in [7, 11) is 1.30. The summed E-state index contributed by atoms with van der Waals surface area (Å²) in [5.74, 6) is -3.17. The van der Waals surface area contributed by atoms with E-state index in [0.29, 0.717) is 6.07 Å². The molecule has 1 aromatic carbocycles. The normalized spacial score (nSPS) is 18.9. The zero-order chi connectivity index (χ0) is 21.6. The molecule has 4 rings (SSSR count). The molecule has 154 valence electrons. The van der Waals surface area contributed by atoms with Crippen LogP contribution in [0.5, 0.6) is 0 Å². The summed E-state index contributed by atoms with van der Waals surface area (Å²) in [4.78, 5) is 25.8. The number of carbonyl (C=O) groups excluding carboxylic acids is 1. The van der Waals surface area contributed by atoms with E-state index >= 15 is 4.39 Å². The Balaban J connectivity index is 2.03. The molecule has 1 aliphatic rings. The van der Waals surface area contributed by atoms with E-state index in [1.165, 1.54) is 7.05 Å². The number of likely N-dealkylation sites (N-methyl/N-ethyl adjacent to an activating group) is 1. The van der Waals surface area contributed by atoms with Crippen LogP contribution < -0.4 is 5.73 Å². The van der Waals surface area contributed by atoms with Gasteiger partial charge in [-0.2, -0.15) is 0 Å². The third kappa shape index (κ3) is 2.81. The standard InChI is InChI=1S/C19H13F4N5O2/c1-28-17(29)19(27-18(28)24,10-2-9(16(22)23)5-25-6-10)12-3-11(13(20)4-14(12)21)15-7-30-8-26-15/h2-8,16H,1H3,(H2,24,27). The van der Waals surface area contributed by atoms with E-state index in [2.05, 4.69) is 15.0 Å². The Kier molecular flexibility index (Phi) is 4.52. The fourth-order valence-electron chi connectivity index (χ4n) is 3.30. The monoisotopic (exact) mass is 419 g/mol. The van der Waals surface area contributed by atoms with Gasteiger partial charge in [0.1, 0.15) is 23.6 Å². The van der Waals surface area contributed by atoms with E-state index in [-0.39, 0.29) is 22.8 Å². The molecule has 2 aromatic heterocycles. The number of aliphatic imine (C=N–C) groups is 1. The number of carbonyl (C=O) groups is 1. The molecule has 0 bridgehead atoms. The second-order valence-electron chi connectivity index (χ2n) is 6.54. The van der Waals surface area contributed by atoms with Gasteiger partial charge >= 0.3 is 0 Å². The van der Waals surface area contributed by atoms with Gasteiger partial charge in [-0.3, -0.25) is 14.7 Å². The summed E-state index contributed by atoms with van der Waals surface area (Å²) in [6.45, 7) is 0. The average molecular weight is 419 g/mol. The summed E-state index contributed by atoms with van der Waals surface area (Å²) in [6.07, 6.45) is 1.31. The van der Waals surface area contributed by atoms with Gasteiger partial charge in [0.05, 0.1) is 0 Å². The van der Waals surface area contributed by atoms with Gasteiger partial charge in [-0.05, 0) is 12.1 Å². The molecule has 0 saturated carbocycles. The fourth-order valence-corrected chi connectivity index (χ4v) is 3.30. The van der Waals surface area contributed by atoms with Gasteiger partial charge < -0.3 is 10.2 Å². The Labute approximate surface area is 166 Å². The lowest BCUT2D eigenvalue weighted by atomic mass is 9.82. The molecule has 0 spiro atoms. The molecule has 3 heterocycles. The maximum Gasteiger partial charge on any atom is 0.266 e. The average Bonchev–Trinajstić information content (AvgIpc) is 3.32. The van der Waals surface area contributed by atoms with Crippen molar-refractivity contribution in [2.24, 2.45) is 10.7 Å². The molecule has 30 heavy (non-hydrogen) atoms. The first-order chi connectivity index (χ1) is 14.3. The highest BCUT2D eigenvalue weighted by molar-refractivity contribution is 6.09. The number of alkyl halides is 2. The van der Waals surface area contributed by atoms with Crippen molar-refractivity contribution in [3.05, 3.63) is 71.6 Å². The van der Waals surface area contributed by atoms with Gasteiger partial charge in [0.25, 0.3) is 12.3 Å². The Bertz CT molecular complexity index is 1170.